The summed E-state index contributed by atoms with van der Waals surface area (Å²) >= 11 is 0. The number of hydrogen-bond acceptors (Lipinski definition) is 3. The van der Waals surface area contributed by atoms with Crippen molar-refractivity contribution in [3.63, 3.8) is 0 Å². The highest BCUT2D eigenvalue weighted by atomic mass is 16.3. The van der Waals surface area contributed by atoms with Crippen LogP contribution in [0.15, 0.2) is 23.3 Å². The number of rotatable bonds is 5. The Hall–Kier alpha value is -2.20. The smallest absolute Gasteiger partial charge is 0.255 e. The van der Waals surface area contributed by atoms with Crippen molar-refractivity contribution in [3.8, 4) is 5.75 Å². The van der Waals surface area contributed by atoms with Crippen LogP contribution in [0.3, 0.4) is 0 Å². The number of aromatic hydroxyl groups is 1. The molecule has 0 spiro atoms. The van der Waals surface area contributed by atoms with Gasteiger partial charge in [0.25, 0.3) is 5.91 Å². The third-order valence-corrected chi connectivity index (χ3v) is 2.27. The molecule has 0 aromatic heterocycles. The van der Waals surface area contributed by atoms with Gasteiger partial charge in [0.05, 0.1) is 5.56 Å². The largest absolute Gasteiger partial charge is 0.507 e. The van der Waals surface area contributed by atoms with Crippen molar-refractivity contribution in [2.45, 2.75) is 13.3 Å². The zero-order valence-electron chi connectivity index (χ0n) is 9.55. The number of carbonyl (C=O) groups excluding carboxylic acids is 1. The van der Waals surface area contributed by atoms with Crippen LogP contribution in [0.5, 0.6) is 5.75 Å². The van der Waals surface area contributed by atoms with Gasteiger partial charge in [0.2, 0.25) is 0 Å². The summed E-state index contributed by atoms with van der Waals surface area (Å²) in [5.74, 6) is -0.327. The van der Waals surface area contributed by atoms with Gasteiger partial charge < -0.3 is 10.4 Å². The summed E-state index contributed by atoms with van der Waals surface area (Å²) in [6, 6.07) is 5.00. The van der Waals surface area contributed by atoms with Crippen LogP contribution in [0.25, 0.3) is 10.4 Å². The first kappa shape index (κ1) is 12.9. The maximum atomic E-state index is 11.7. The Labute approximate surface area is 98.9 Å². The Morgan fingerprint density at radius 2 is 2.35 bits per heavy atom. The van der Waals surface area contributed by atoms with Crippen LogP contribution in [0, 0.1) is 6.92 Å². The summed E-state index contributed by atoms with van der Waals surface area (Å²) in [5.41, 5.74) is 8.97. The molecule has 0 saturated heterocycles. The van der Waals surface area contributed by atoms with E-state index in [1.54, 1.807) is 25.1 Å². The van der Waals surface area contributed by atoms with Crippen molar-refractivity contribution < 1.29 is 9.90 Å². The van der Waals surface area contributed by atoms with Crippen LogP contribution in [0.2, 0.25) is 0 Å². The topological polar surface area (TPSA) is 98.1 Å². The Bertz CT molecular complexity index is 453. The van der Waals surface area contributed by atoms with E-state index in [0.717, 1.165) is 0 Å². The first-order chi connectivity index (χ1) is 8.16. The van der Waals surface area contributed by atoms with E-state index in [2.05, 4.69) is 15.3 Å². The highest BCUT2D eigenvalue weighted by Crippen LogP contribution is 2.20. The van der Waals surface area contributed by atoms with Crippen molar-refractivity contribution in [2.75, 3.05) is 13.1 Å². The van der Waals surface area contributed by atoms with Gasteiger partial charge in [-0.3, -0.25) is 4.79 Å². The SMILES string of the molecule is Cc1cccc(C(=O)NCCCN=[N+]=[N-])c1O. The van der Waals surface area contributed by atoms with Crippen LogP contribution in [-0.2, 0) is 0 Å². The lowest BCUT2D eigenvalue weighted by atomic mass is 10.1. The van der Waals surface area contributed by atoms with Crippen molar-refractivity contribution in [1.82, 2.24) is 5.32 Å². The second-order valence-corrected chi connectivity index (χ2v) is 3.54. The van der Waals surface area contributed by atoms with E-state index in [1.807, 2.05) is 0 Å². The van der Waals surface area contributed by atoms with E-state index in [1.165, 1.54) is 0 Å². The highest BCUT2D eigenvalue weighted by molar-refractivity contribution is 5.97. The minimum absolute atomic E-state index is 0.0000423. The molecule has 0 radical (unpaired) electrons. The van der Waals surface area contributed by atoms with Crippen molar-refractivity contribution >= 4 is 5.91 Å². The molecule has 0 atom stereocenters. The summed E-state index contributed by atoms with van der Waals surface area (Å²) < 4.78 is 0. The lowest BCUT2D eigenvalue weighted by molar-refractivity contribution is 0.0950. The Morgan fingerprint density at radius 1 is 1.59 bits per heavy atom. The zero-order chi connectivity index (χ0) is 12.7. The molecule has 0 aliphatic heterocycles. The molecule has 0 heterocycles. The molecule has 1 aromatic carbocycles. The Kier molecular flexibility index (Phi) is 4.84. The number of phenols is 1. The van der Waals surface area contributed by atoms with Gasteiger partial charge in [-0.1, -0.05) is 17.2 Å². The maximum absolute atomic E-state index is 11.7. The quantitative estimate of drug-likeness (QED) is 0.353. The highest BCUT2D eigenvalue weighted by Gasteiger charge is 2.11. The number of carbonyl (C=O) groups is 1. The predicted octanol–water partition coefficient (Wildman–Crippen LogP) is 2.13. The van der Waals surface area contributed by atoms with Gasteiger partial charge in [-0.15, -0.1) is 0 Å². The predicted molar refractivity (Wildman–Crippen MR) is 63.8 cm³/mol. The van der Waals surface area contributed by atoms with Gasteiger partial charge in [0.15, 0.2) is 0 Å². The van der Waals surface area contributed by atoms with Crippen LogP contribution >= 0.6 is 0 Å². The van der Waals surface area contributed by atoms with Crippen molar-refractivity contribution in [3.05, 3.63) is 39.8 Å². The molecule has 0 bridgehead atoms. The third kappa shape index (κ3) is 3.70. The van der Waals surface area contributed by atoms with Gasteiger partial charge in [0.1, 0.15) is 5.75 Å². The molecule has 1 aromatic rings. The van der Waals surface area contributed by atoms with Crippen LogP contribution in [0.4, 0.5) is 0 Å². The molecule has 0 fully saturated rings. The number of nitrogens with zero attached hydrogens (tertiary/aromatic N) is 3. The number of nitrogens with one attached hydrogen (secondary N) is 1. The first-order valence-electron chi connectivity index (χ1n) is 5.24. The van der Waals surface area contributed by atoms with Crippen LogP contribution in [0.1, 0.15) is 22.3 Å². The molecule has 6 nitrogen and oxygen atoms in total. The number of aryl methyl sites for hydroxylation is 1. The number of para-hydroxylation sites is 1. The maximum Gasteiger partial charge on any atom is 0.255 e. The molecule has 90 valence electrons. The molecule has 0 unspecified atom stereocenters. The summed E-state index contributed by atoms with van der Waals surface area (Å²) in [4.78, 5) is 14.3. The summed E-state index contributed by atoms with van der Waals surface area (Å²) in [7, 11) is 0. The lowest BCUT2D eigenvalue weighted by Crippen LogP contribution is -2.25. The fraction of sp³-hybridized carbons (Fsp3) is 0.364. The summed E-state index contributed by atoms with van der Waals surface area (Å²) in [6.45, 7) is 2.48. The first-order valence-corrected chi connectivity index (χ1v) is 5.24. The molecule has 2 N–H and O–H groups in total. The van der Waals surface area contributed by atoms with E-state index in [0.29, 0.717) is 25.1 Å². The van der Waals surface area contributed by atoms with Crippen molar-refractivity contribution in [1.29, 1.82) is 0 Å². The average Bonchev–Trinajstić information content (AvgIpc) is 2.32. The second-order valence-electron chi connectivity index (χ2n) is 3.54. The normalized spacial score (nSPS) is 9.47. The molecular formula is C11H14N4O2. The average molecular weight is 234 g/mol. The summed E-state index contributed by atoms with van der Waals surface area (Å²) in [5, 5.41) is 15.7. The van der Waals surface area contributed by atoms with Gasteiger partial charge >= 0.3 is 0 Å². The Morgan fingerprint density at radius 3 is 3.06 bits per heavy atom. The zero-order valence-corrected chi connectivity index (χ0v) is 9.55. The lowest BCUT2D eigenvalue weighted by Gasteiger charge is -2.07. The van der Waals surface area contributed by atoms with E-state index < -0.39 is 0 Å². The molecular weight excluding hydrogens is 220 g/mol. The fourth-order valence-corrected chi connectivity index (χ4v) is 1.33. The van der Waals surface area contributed by atoms with Crippen LogP contribution < -0.4 is 5.32 Å². The number of benzene rings is 1. The molecule has 17 heavy (non-hydrogen) atoms. The molecule has 0 aliphatic carbocycles. The summed E-state index contributed by atoms with van der Waals surface area (Å²) in [6.07, 6.45) is 0.572. The van der Waals surface area contributed by atoms with E-state index >= 15 is 0 Å². The van der Waals surface area contributed by atoms with Crippen LogP contribution in [-0.4, -0.2) is 24.1 Å². The van der Waals surface area contributed by atoms with Gasteiger partial charge in [0, 0.05) is 18.0 Å². The fourth-order valence-electron chi connectivity index (χ4n) is 1.33. The van der Waals surface area contributed by atoms with Gasteiger partial charge in [-0.05, 0) is 30.5 Å². The number of phenolic OH excluding ortho intramolecular Hbond substituents is 1. The van der Waals surface area contributed by atoms with Crippen molar-refractivity contribution in [2.24, 2.45) is 5.11 Å². The second kappa shape index (κ2) is 6.40. The van der Waals surface area contributed by atoms with E-state index in [4.69, 9.17) is 5.53 Å². The molecule has 1 rings (SSSR count). The molecule has 0 aliphatic rings. The Balaban J connectivity index is 2.52. The number of amides is 1. The number of azide groups is 1. The third-order valence-electron chi connectivity index (χ3n) is 2.27. The standard InChI is InChI=1S/C11H14N4O2/c1-8-4-2-5-9(10(8)16)11(17)13-6-3-7-14-15-12/h2,4-5,16H,3,6-7H2,1H3,(H,13,17). The minimum atomic E-state index is -0.327. The molecule has 1 amide bonds. The van der Waals surface area contributed by atoms with Gasteiger partial charge in [-0.2, -0.15) is 0 Å². The van der Waals surface area contributed by atoms with E-state index in [9.17, 15) is 9.90 Å². The van der Waals surface area contributed by atoms with E-state index in [-0.39, 0.29) is 17.2 Å². The molecule has 6 heteroatoms. The number of hydrogen-bond donors (Lipinski definition) is 2. The van der Waals surface area contributed by atoms with Gasteiger partial charge in [-0.25, -0.2) is 0 Å². The molecule has 0 saturated carbocycles. The monoisotopic (exact) mass is 234 g/mol. The minimum Gasteiger partial charge on any atom is -0.507 e.